The number of hydrogen-bond donors (Lipinski definition) is 0. The van der Waals surface area contributed by atoms with Gasteiger partial charge in [0.2, 0.25) is 0 Å². The third kappa shape index (κ3) is 5.90. The van der Waals surface area contributed by atoms with Gasteiger partial charge in [-0.15, -0.1) is 0 Å². The quantitative estimate of drug-likeness (QED) is 0.436. The molecule has 2 rings (SSSR count). The smallest absolute Gasteiger partial charge is 0.0288 e. The summed E-state index contributed by atoms with van der Waals surface area (Å²) in [4.78, 5) is 0. The molecule has 0 atom stereocenters. The molecule has 0 saturated heterocycles. The van der Waals surface area contributed by atoms with Crippen LogP contribution >= 0.6 is 21.6 Å². The van der Waals surface area contributed by atoms with Gasteiger partial charge in [0.05, 0.1) is 0 Å². The Morgan fingerprint density at radius 2 is 0.941 bits per heavy atom. The van der Waals surface area contributed by atoms with Gasteiger partial charge >= 0.3 is 0 Å². The van der Waals surface area contributed by atoms with Gasteiger partial charge in [-0.3, -0.25) is 0 Å². The van der Waals surface area contributed by atoms with Gasteiger partial charge in [0, 0.05) is 35.9 Å². The fourth-order valence-corrected chi connectivity index (χ4v) is 3.51. The van der Waals surface area contributed by atoms with Gasteiger partial charge in [0.25, 0.3) is 0 Å². The molecule has 0 saturated carbocycles. The Hall–Kier alpha value is -0.0418. The van der Waals surface area contributed by atoms with Crippen LogP contribution in [0.5, 0.6) is 0 Å². The molecule has 0 nitrogen and oxygen atoms in total. The van der Waals surface area contributed by atoms with Crippen molar-refractivity contribution in [3.63, 3.8) is 0 Å². The third-order valence-corrected chi connectivity index (χ3v) is 4.50. The topological polar surface area (TPSA) is 0 Å². The van der Waals surface area contributed by atoms with E-state index < -0.39 is 0 Å². The second kappa shape index (κ2) is 8.96. The van der Waals surface area contributed by atoms with Crippen LogP contribution in [0.2, 0.25) is 0 Å². The fraction of sp³-hybridized carbons (Fsp3) is 0.143. The van der Waals surface area contributed by atoms with E-state index in [-0.39, 0.29) is 24.4 Å². The van der Waals surface area contributed by atoms with E-state index in [0.29, 0.717) is 0 Å². The molecule has 0 amide bonds. The Kier molecular flexibility index (Phi) is 7.92. The van der Waals surface area contributed by atoms with Crippen molar-refractivity contribution in [1.29, 1.82) is 0 Å². The van der Waals surface area contributed by atoms with Crippen LogP contribution in [0, 0.1) is 0 Å². The van der Waals surface area contributed by atoms with Crippen molar-refractivity contribution in [2.75, 3.05) is 0 Å². The SMILES string of the molecule is [Sb].c1ccc(CSSCc2ccccc2)cc1. The molecule has 0 unspecified atom stereocenters. The first-order chi connectivity index (χ1) is 7.95. The summed E-state index contributed by atoms with van der Waals surface area (Å²) in [5.74, 6) is 2.16. The summed E-state index contributed by atoms with van der Waals surface area (Å²) in [6.45, 7) is 0. The van der Waals surface area contributed by atoms with Gasteiger partial charge in [0.1, 0.15) is 0 Å². The normalized spacial score (nSPS) is 9.65. The minimum absolute atomic E-state index is 0. The summed E-state index contributed by atoms with van der Waals surface area (Å²) in [5.41, 5.74) is 2.79. The Labute approximate surface area is 128 Å². The molecule has 0 aliphatic heterocycles. The van der Waals surface area contributed by atoms with Crippen LogP contribution in [0.1, 0.15) is 11.1 Å². The molecule has 3 heteroatoms. The van der Waals surface area contributed by atoms with E-state index in [0.717, 1.165) is 11.5 Å². The molecule has 0 aromatic heterocycles. The average Bonchev–Trinajstić information content (AvgIpc) is 2.37. The van der Waals surface area contributed by atoms with Crippen molar-refractivity contribution >= 4 is 46.0 Å². The molecule has 0 heterocycles. The molecular formula is C14H14S2Sb. The molecule has 0 spiro atoms. The van der Waals surface area contributed by atoms with Crippen LogP contribution in [0.4, 0.5) is 0 Å². The Morgan fingerprint density at radius 3 is 1.29 bits per heavy atom. The van der Waals surface area contributed by atoms with Crippen molar-refractivity contribution < 1.29 is 0 Å². The van der Waals surface area contributed by atoms with Crippen molar-refractivity contribution in [2.24, 2.45) is 0 Å². The summed E-state index contributed by atoms with van der Waals surface area (Å²) in [6, 6.07) is 21.2. The van der Waals surface area contributed by atoms with Crippen LogP contribution in [0.3, 0.4) is 0 Å². The zero-order valence-corrected chi connectivity index (χ0v) is 13.6. The molecule has 2 aromatic carbocycles. The zero-order valence-electron chi connectivity index (χ0n) is 9.45. The van der Waals surface area contributed by atoms with Gasteiger partial charge in [-0.1, -0.05) is 82.3 Å². The molecule has 0 aliphatic carbocycles. The van der Waals surface area contributed by atoms with Crippen molar-refractivity contribution in [2.45, 2.75) is 11.5 Å². The third-order valence-electron chi connectivity index (χ3n) is 2.22. The Balaban J connectivity index is 0.00000144. The maximum absolute atomic E-state index is 2.18. The van der Waals surface area contributed by atoms with Crippen LogP contribution in [0.15, 0.2) is 60.7 Å². The van der Waals surface area contributed by atoms with E-state index in [1.165, 1.54) is 11.1 Å². The van der Waals surface area contributed by atoms with Crippen LogP contribution in [-0.2, 0) is 11.5 Å². The molecule has 0 N–H and O–H groups in total. The fourth-order valence-electron chi connectivity index (χ4n) is 1.37. The second-order valence-corrected chi connectivity index (χ2v) is 5.96. The average molecular weight is 368 g/mol. The standard InChI is InChI=1S/C14H14S2.Sb/c1-3-7-13(8-4-1)11-15-16-12-14-9-5-2-6-10-14;/h1-10H,11-12H2;. The summed E-state index contributed by atoms with van der Waals surface area (Å²) in [6.07, 6.45) is 0. The zero-order chi connectivity index (χ0) is 11.1. The Morgan fingerprint density at radius 1 is 0.588 bits per heavy atom. The monoisotopic (exact) mass is 367 g/mol. The first-order valence-corrected chi connectivity index (χ1v) is 7.76. The van der Waals surface area contributed by atoms with Crippen molar-refractivity contribution in [3.05, 3.63) is 71.8 Å². The second-order valence-electron chi connectivity index (χ2n) is 3.50. The number of hydrogen-bond acceptors (Lipinski definition) is 2. The van der Waals surface area contributed by atoms with Crippen LogP contribution < -0.4 is 0 Å². The van der Waals surface area contributed by atoms with Crippen LogP contribution in [-0.4, -0.2) is 24.4 Å². The number of rotatable bonds is 5. The molecule has 87 valence electrons. The molecular weight excluding hydrogens is 354 g/mol. The molecule has 2 aromatic rings. The maximum atomic E-state index is 2.18. The van der Waals surface area contributed by atoms with E-state index in [2.05, 4.69) is 60.7 Å². The van der Waals surface area contributed by atoms with Gasteiger partial charge < -0.3 is 0 Å². The summed E-state index contributed by atoms with van der Waals surface area (Å²) in [5, 5.41) is 0. The van der Waals surface area contributed by atoms with E-state index in [1.807, 2.05) is 21.6 Å². The molecule has 17 heavy (non-hydrogen) atoms. The van der Waals surface area contributed by atoms with Gasteiger partial charge in [-0.25, -0.2) is 0 Å². The van der Waals surface area contributed by atoms with E-state index in [1.54, 1.807) is 0 Å². The number of benzene rings is 2. The first kappa shape index (κ1) is 15.0. The summed E-state index contributed by atoms with van der Waals surface area (Å²) >= 11 is 0. The summed E-state index contributed by atoms with van der Waals surface area (Å²) in [7, 11) is 3.84. The molecule has 0 aliphatic rings. The Bertz CT molecular complexity index is 362. The van der Waals surface area contributed by atoms with Crippen LogP contribution in [0.25, 0.3) is 0 Å². The molecule has 0 fully saturated rings. The van der Waals surface area contributed by atoms with Gasteiger partial charge in [-0.2, -0.15) is 0 Å². The van der Waals surface area contributed by atoms with Crippen molar-refractivity contribution in [1.82, 2.24) is 0 Å². The maximum Gasteiger partial charge on any atom is 0.0288 e. The first-order valence-electron chi connectivity index (χ1n) is 5.27. The van der Waals surface area contributed by atoms with Gasteiger partial charge in [0.15, 0.2) is 0 Å². The predicted octanol–water partition coefficient (Wildman–Crippen LogP) is 4.39. The van der Waals surface area contributed by atoms with Gasteiger partial charge in [-0.05, 0) is 11.1 Å². The van der Waals surface area contributed by atoms with Crippen molar-refractivity contribution in [3.8, 4) is 0 Å². The van der Waals surface area contributed by atoms with E-state index in [9.17, 15) is 0 Å². The van der Waals surface area contributed by atoms with E-state index in [4.69, 9.17) is 0 Å². The molecule has 0 bridgehead atoms. The summed E-state index contributed by atoms with van der Waals surface area (Å²) < 4.78 is 0. The predicted molar refractivity (Wildman–Crippen MR) is 81.2 cm³/mol. The largest absolute Gasteiger partial charge is 0.0890 e. The molecule has 3 radical (unpaired) electrons. The van der Waals surface area contributed by atoms with E-state index >= 15 is 0 Å². The minimum atomic E-state index is 0. The minimum Gasteiger partial charge on any atom is -0.0890 e.